The zero-order valence-electron chi connectivity index (χ0n) is 12.1. The third kappa shape index (κ3) is 4.43. The topological polar surface area (TPSA) is 75.6 Å². The van der Waals surface area contributed by atoms with E-state index in [2.05, 4.69) is 5.32 Å². The SMILES string of the molecule is Cc1ccc(O)c(C(=O)OCC(=O)Nc2ccc(Cl)cc2F)c1. The summed E-state index contributed by atoms with van der Waals surface area (Å²) < 4.78 is 18.3. The number of phenolic OH excluding ortho intramolecular Hbond substituents is 1. The van der Waals surface area contributed by atoms with Gasteiger partial charge < -0.3 is 15.2 Å². The molecule has 0 bridgehead atoms. The first-order valence-electron chi connectivity index (χ1n) is 6.58. The number of anilines is 1. The van der Waals surface area contributed by atoms with Gasteiger partial charge in [0, 0.05) is 5.02 Å². The molecule has 0 heterocycles. The van der Waals surface area contributed by atoms with Gasteiger partial charge in [0.15, 0.2) is 6.61 Å². The van der Waals surface area contributed by atoms with Crippen molar-refractivity contribution < 1.29 is 23.8 Å². The lowest BCUT2D eigenvalue weighted by Crippen LogP contribution is -2.21. The maximum Gasteiger partial charge on any atom is 0.342 e. The number of carbonyl (C=O) groups is 2. The van der Waals surface area contributed by atoms with Crippen molar-refractivity contribution in [1.29, 1.82) is 0 Å². The molecule has 0 spiro atoms. The molecule has 0 unspecified atom stereocenters. The van der Waals surface area contributed by atoms with Crippen LogP contribution in [0.3, 0.4) is 0 Å². The average Bonchev–Trinajstić information content (AvgIpc) is 2.50. The minimum absolute atomic E-state index is 0.0459. The van der Waals surface area contributed by atoms with Crippen molar-refractivity contribution >= 4 is 29.2 Å². The first-order valence-corrected chi connectivity index (χ1v) is 6.96. The summed E-state index contributed by atoms with van der Waals surface area (Å²) in [4.78, 5) is 23.5. The Kier molecular flexibility index (Phi) is 5.18. The lowest BCUT2D eigenvalue weighted by molar-refractivity contribution is -0.119. The predicted octanol–water partition coefficient (Wildman–Crippen LogP) is 3.29. The largest absolute Gasteiger partial charge is 0.507 e. The number of ether oxygens (including phenoxy) is 1. The first kappa shape index (κ1) is 16.8. The molecule has 7 heteroatoms. The van der Waals surface area contributed by atoms with E-state index in [-0.39, 0.29) is 22.0 Å². The van der Waals surface area contributed by atoms with Gasteiger partial charge in [-0.2, -0.15) is 0 Å². The number of rotatable bonds is 4. The number of carbonyl (C=O) groups excluding carboxylic acids is 2. The molecular weight excluding hydrogens is 325 g/mol. The monoisotopic (exact) mass is 337 g/mol. The summed E-state index contributed by atoms with van der Waals surface area (Å²) in [5.41, 5.74) is 0.631. The number of hydrogen-bond donors (Lipinski definition) is 2. The first-order chi connectivity index (χ1) is 10.9. The molecular formula is C16H13ClFNO4. The molecule has 0 aromatic heterocycles. The number of aryl methyl sites for hydroxylation is 1. The van der Waals surface area contributed by atoms with E-state index in [4.69, 9.17) is 16.3 Å². The normalized spacial score (nSPS) is 10.2. The highest BCUT2D eigenvalue weighted by molar-refractivity contribution is 6.30. The number of halogens is 2. The molecule has 1 amide bonds. The Morgan fingerprint density at radius 1 is 1.26 bits per heavy atom. The maximum atomic E-state index is 13.5. The van der Waals surface area contributed by atoms with Crippen molar-refractivity contribution in [3.8, 4) is 5.75 Å². The molecule has 0 fully saturated rings. The van der Waals surface area contributed by atoms with E-state index in [1.165, 1.54) is 24.3 Å². The van der Waals surface area contributed by atoms with Crippen LogP contribution in [0.2, 0.25) is 5.02 Å². The van der Waals surface area contributed by atoms with Gasteiger partial charge in [0.1, 0.15) is 17.1 Å². The van der Waals surface area contributed by atoms with Crippen LogP contribution in [0.15, 0.2) is 36.4 Å². The van der Waals surface area contributed by atoms with E-state index in [0.29, 0.717) is 0 Å². The highest BCUT2D eigenvalue weighted by atomic mass is 35.5. The van der Waals surface area contributed by atoms with E-state index in [0.717, 1.165) is 11.6 Å². The van der Waals surface area contributed by atoms with Gasteiger partial charge in [-0.25, -0.2) is 9.18 Å². The van der Waals surface area contributed by atoms with Crippen LogP contribution in [0.1, 0.15) is 15.9 Å². The van der Waals surface area contributed by atoms with Crippen LogP contribution < -0.4 is 5.32 Å². The van der Waals surface area contributed by atoms with E-state index in [1.807, 2.05) is 0 Å². The lowest BCUT2D eigenvalue weighted by Gasteiger charge is -2.09. The highest BCUT2D eigenvalue weighted by Crippen LogP contribution is 2.20. The minimum atomic E-state index is -0.849. The molecule has 2 rings (SSSR count). The van der Waals surface area contributed by atoms with Crippen LogP contribution >= 0.6 is 11.6 Å². The lowest BCUT2D eigenvalue weighted by atomic mass is 10.1. The smallest absolute Gasteiger partial charge is 0.342 e. The Morgan fingerprint density at radius 3 is 2.70 bits per heavy atom. The zero-order valence-corrected chi connectivity index (χ0v) is 12.9. The standard InChI is InChI=1S/C16H13ClFNO4/c1-9-2-5-14(20)11(6-9)16(22)23-8-15(21)19-13-4-3-10(17)7-12(13)18/h2-7,20H,8H2,1H3,(H,19,21). The molecule has 0 radical (unpaired) electrons. The summed E-state index contributed by atoms with van der Waals surface area (Å²) in [6, 6.07) is 8.18. The number of hydrogen-bond acceptors (Lipinski definition) is 4. The number of benzene rings is 2. The molecule has 5 nitrogen and oxygen atoms in total. The zero-order chi connectivity index (χ0) is 17.0. The summed E-state index contributed by atoms with van der Waals surface area (Å²) in [5.74, 6) is -2.51. The Bertz CT molecular complexity index is 764. The number of amides is 1. The van der Waals surface area contributed by atoms with E-state index >= 15 is 0 Å². The van der Waals surface area contributed by atoms with Gasteiger partial charge in [-0.1, -0.05) is 23.2 Å². The van der Waals surface area contributed by atoms with Crippen molar-refractivity contribution in [3.05, 3.63) is 58.4 Å². The maximum absolute atomic E-state index is 13.5. The second-order valence-corrected chi connectivity index (χ2v) is 5.21. The second-order valence-electron chi connectivity index (χ2n) is 4.77. The van der Waals surface area contributed by atoms with E-state index < -0.39 is 24.3 Å². The summed E-state index contributed by atoms with van der Waals surface area (Å²) >= 11 is 5.61. The van der Waals surface area contributed by atoms with Crippen LogP contribution in [-0.4, -0.2) is 23.6 Å². The number of aromatic hydroxyl groups is 1. The minimum Gasteiger partial charge on any atom is -0.507 e. The molecule has 0 saturated heterocycles. The molecule has 2 N–H and O–H groups in total. The fourth-order valence-electron chi connectivity index (χ4n) is 1.80. The van der Waals surface area contributed by atoms with Crippen LogP contribution in [0, 0.1) is 12.7 Å². The average molecular weight is 338 g/mol. The molecule has 120 valence electrons. The molecule has 0 atom stereocenters. The highest BCUT2D eigenvalue weighted by Gasteiger charge is 2.15. The van der Waals surface area contributed by atoms with Crippen LogP contribution in [-0.2, 0) is 9.53 Å². The summed E-state index contributed by atoms with van der Waals surface area (Å²) in [5, 5.41) is 12.1. The van der Waals surface area contributed by atoms with Crippen molar-refractivity contribution in [2.24, 2.45) is 0 Å². The second kappa shape index (κ2) is 7.11. The molecule has 2 aromatic carbocycles. The fraction of sp³-hybridized carbons (Fsp3) is 0.125. The van der Waals surface area contributed by atoms with E-state index in [9.17, 15) is 19.1 Å². The van der Waals surface area contributed by atoms with Crippen molar-refractivity contribution in [2.45, 2.75) is 6.92 Å². The Hall–Kier alpha value is -2.60. The molecule has 23 heavy (non-hydrogen) atoms. The predicted molar refractivity (Wildman–Crippen MR) is 83.2 cm³/mol. The van der Waals surface area contributed by atoms with Crippen molar-refractivity contribution in [2.75, 3.05) is 11.9 Å². The van der Waals surface area contributed by atoms with Gasteiger partial charge in [0.25, 0.3) is 5.91 Å². The number of esters is 1. The number of nitrogens with one attached hydrogen (secondary N) is 1. The molecule has 0 aliphatic carbocycles. The van der Waals surface area contributed by atoms with Crippen molar-refractivity contribution in [3.63, 3.8) is 0 Å². The molecule has 0 aliphatic heterocycles. The quantitative estimate of drug-likeness (QED) is 0.839. The Balaban J connectivity index is 1.96. The van der Waals surface area contributed by atoms with Gasteiger partial charge in [0.05, 0.1) is 5.69 Å². The third-order valence-corrected chi connectivity index (χ3v) is 3.15. The Morgan fingerprint density at radius 2 is 2.00 bits per heavy atom. The van der Waals surface area contributed by atoms with Gasteiger partial charge in [-0.05, 0) is 37.3 Å². The van der Waals surface area contributed by atoms with Crippen molar-refractivity contribution in [1.82, 2.24) is 0 Å². The van der Waals surface area contributed by atoms with E-state index in [1.54, 1.807) is 13.0 Å². The molecule has 0 aliphatic rings. The van der Waals surface area contributed by atoms with Crippen LogP contribution in [0.25, 0.3) is 0 Å². The fourth-order valence-corrected chi connectivity index (χ4v) is 1.96. The Labute approximate surface area is 136 Å². The van der Waals surface area contributed by atoms with Gasteiger partial charge in [-0.3, -0.25) is 4.79 Å². The van der Waals surface area contributed by atoms with Gasteiger partial charge in [0.2, 0.25) is 0 Å². The van der Waals surface area contributed by atoms with Gasteiger partial charge in [-0.15, -0.1) is 0 Å². The summed E-state index contributed by atoms with van der Waals surface area (Å²) in [6.45, 7) is 1.13. The van der Waals surface area contributed by atoms with Crippen LogP contribution in [0.4, 0.5) is 10.1 Å². The molecule has 0 saturated carbocycles. The molecule has 2 aromatic rings. The summed E-state index contributed by atoms with van der Waals surface area (Å²) in [7, 11) is 0. The summed E-state index contributed by atoms with van der Waals surface area (Å²) in [6.07, 6.45) is 0. The van der Waals surface area contributed by atoms with Gasteiger partial charge >= 0.3 is 5.97 Å². The van der Waals surface area contributed by atoms with Crippen LogP contribution in [0.5, 0.6) is 5.75 Å². The number of phenols is 1. The third-order valence-electron chi connectivity index (χ3n) is 2.91.